The van der Waals surface area contributed by atoms with Crippen LogP contribution in [0.25, 0.3) is 0 Å². The van der Waals surface area contributed by atoms with E-state index in [1.165, 1.54) is 0 Å². The van der Waals surface area contributed by atoms with Gasteiger partial charge >= 0.3 is 0 Å². The molecular formula is C17H22N2O2. The molecule has 2 aromatic rings. The summed E-state index contributed by atoms with van der Waals surface area (Å²) in [6.07, 6.45) is 2.14. The second-order valence-electron chi connectivity index (χ2n) is 5.52. The summed E-state index contributed by atoms with van der Waals surface area (Å²) in [5.74, 6) is 1.16. The molecule has 0 aliphatic rings. The molecule has 112 valence electrons. The molecule has 1 amide bonds. The van der Waals surface area contributed by atoms with Crippen molar-refractivity contribution >= 4 is 11.6 Å². The van der Waals surface area contributed by atoms with Gasteiger partial charge in [0.25, 0.3) is 0 Å². The summed E-state index contributed by atoms with van der Waals surface area (Å²) in [6, 6.07) is 9.60. The van der Waals surface area contributed by atoms with E-state index in [4.69, 9.17) is 10.2 Å². The number of hydrogen-bond acceptors (Lipinski definition) is 3. The van der Waals surface area contributed by atoms with Gasteiger partial charge in [0.2, 0.25) is 5.91 Å². The molecule has 0 spiro atoms. The van der Waals surface area contributed by atoms with Crippen molar-refractivity contribution in [1.82, 2.24) is 4.90 Å². The van der Waals surface area contributed by atoms with Crippen molar-refractivity contribution in [3.8, 4) is 0 Å². The van der Waals surface area contributed by atoms with Gasteiger partial charge in [-0.15, -0.1) is 0 Å². The van der Waals surface area contributed by atoms with Crippen LogP contribution >= 0.6 is 0 Å². The van der Waals surface area contributed by atoms with Gasteiger partial charge in [0.1, 0.15) is 5.76 Å². The van der Waals surface area contributed by atoms with E-state index in [1.54, 1.807) is 11.2 Å². The number of nitrogens with zero attached hydrogens (tertiary/aromatic N) is 1. The van der Waals surface area contributed by atoms with E-state index in [-0.39, 0.29) is 11.8 Å². The van der Waals surface area contributed by atoms with Crippen molar-refractivity contribution in [3.05, 3.63) is 53.5 Å². The molecule has 2 rings (SSSR count). The molecule has 1 aromatic heterocycles. The Balaban J connectivity index is 1.94. The highest BCUT2D eigenvalue weighted by molar-refractivity contribution is 5.76. The molecule has 2 N–H and O–H groups in total. The molecule has 0 bridgehead atoms. The quantitative estimate of drug-likeness (QED) is 0.858. The minimum atomic E-state index is 0.125. The van der Waals surface area contributed by atoms with E-state index in [0.717, 1.165) is 22.6 Å². The molecule has 0 aliphatic heterocycles. The summed E-state index contributed by atoms with van der Waals surface area (Å²) in [5.41, 5.74) is 8.60. The van der Waals surface area contributed by atoms with Crippen molar-refractivity contribution in [2.75, 3.05) is 12.8 Å². The predicted molar refractivity (Wildman–Crippen MR) is 83.8 cm³/mol. The Labute approximate surface area is 125 Å². The van der Waals surface area contributed by atoms with Crippen LogP contribution in [0.5, 0.6) is 0 Å². The van der Waals surface area contributed by atoms with Crippen molar-refractivity contribution in [2.24, 2.45) is 0 Å². The SMILES string of the molecule is Cc1occc1CN(C)C(=O)CC(C)c1ccc(N)cc1. The maximum absolute atomic E-state index is 12.3. The van der Waals surface area contributed by atoms with Crippen LogP contribution in [0.15, 0.2) is 41.0 Å². The van der Waals surface area contributed by atoms with Crippen LogP contribution in [0.2, 0.25) is 0 Å². The maximum atomic E-state index is 12.3. The second kappa shape index (κ2) is 6.48. The number of nitrogens with two attached hydrogens (primary N) is 1. The number of rotatable bonds is 5. The lowest BCUT2D eigenvalue weighted by molar-refractivity contribution is -0.130. The maximum Gasteiger partial charge on any atom is 0.223 e. The Hall–Kier alpha value is -2.23. The van der Waals surface area contributed by atoms with Gasteiger partial charge in [-0.25, -0.2) is 0 Å². The minimum Gasteiger partial charge on any atom is -0.469 e. The summed E-state index contributed by atoms with van der Waals surface area (Å²) in [6.45, 7) is 4.54. The van der Waals surface area contributed by atoms with Crippen LogP contribution in [0.3, 0.4) is 0 Å². The first-order chi connectivity index (χ1) is 9.97. The molecule has 1 aromatic carbocycles. The third-order valence-corrected chi connectivity index (χ3v) is 3.79. The predicted octanol–water partition coefficient (Wildman–Crippen LogP) is 3.32. The third-order valence-electron chi connectivity index (χ3n) is 3.79. The van der Waals surface area contributed by atoms with Gasteiger partial charge in [-0.3, -0.25) is 4.79 Å². The Morgan fingerprint density at radius 1 is 1.29 bits per heavy atom. The highest BCUT2D eigenvalue weighted by atomic mass is 16.3. The average molecular weight is 286 g/mol. The molecule has 0 saturated heterocycles. The highest BCUT2D eigenvalue weighted by Gasteiger charge is 2.16. The van der Waals surface area contributed by atoms with E-state index in [2.05, 4.69) is 6.92 Å². The molecule has 4 nitrogen and oxygen atoms in total. The van der Waals surface area contributed by atoms with E-state index in [0.29, 0.717) is 13.0 Å². The van der Waals surface area contributed by atoms with E-state index in [1.807, 2.05) is 44.3 Å². The monoisotopic (exact) mass is 286 g/mol. The summed E-state index contributed by atoms with van der Waals surface area (Å²) >= 11 is 0. The highest BCUT2D eigenvalue weighted by Crippen LogP contribution is 2.21. The number of furan rings is 1. The lowest BCUT2D eigenvalue weighted by Gasteiger charge is -2.19. The smallest absolute Gasteiger partial charge is 0.223 e. The third kappa shape index (κ3) is 3.88. The molecule has 1 unspecified atom stereocenters. The van der Waals surface area contributed by atoms with E-state index < -0.39 is 0 Å². The molecule has 21 heavy (non-hydrogen) atoms. The summed E-state index contributed by atoms with van der Waals surface area (Å²) in [5, 5.41) is 0. The Bertz CT molecular complexity index is 602. The molecule has 4 heteroatoms. The summed E-state index contributed by atoms with van der Waals surface area (Å²) < 4.78 is 5.26. The van der Waals surface area contributed by atoms with Gasteiger partial charge in [0, 0.05) is 31.3 Å². The van der Waals surface area contributed by atoms with Crippen LogP contribution in [0.4, 0.5) is 5.69 Å². The molecule has 1 atom stereocenters. The number of hydrogen-bond donors (Lipinski definition) is 1. The second-order valence-corrected chi connectivity index (χ2v) is 5.52. The molecule has 0 aliphatic carbocycles. The number of aryl methyl sites for hydroxylation is 1. The Morgan fingerprint density at radius 3 is 2.52 bits per heavy atom. The Morgan fingerprint density at radius 2 is 1.95 bits per heavy atom. The molecule has 1 heterocycles. The fourth-order valence-corrected chi connectivity index (χ4v) is 2.28. The fourth-order valence-electron chi connectivity index (χ4n) is 2.28. The van der Waals surface area contributed by atoms with E-state index >= 15 is 0 Å². The fraction of sp³-hybridized carbons (Fsp3) is 0.353. The average Bonchev–Trinajstić information content (AvgIpc) is 2.84. The molecule has 0 radical (unpaired) electrons. The number of carbonyl (C=O) groups excluding carboxylic acids is 1. The lowest BCUT2D eigenvalue weighted by atomic mass is 9.97. The van der Waals surface area contributed by atoms with Gasteiger partial charge in [-0.05, 0) is 36.6 Å². The van der Waals surface area contributed by atoms with Crippen molar-refractivity contribution in [2.45, 2.75) is 32.7 Å². The first-order valence-electron chi connectivity index (χ1n) is 7.09. The largest absolute Gasteiger partial charge is 0.469 e. The molecular weight excluding hydrogens is 264 g/mol. The lowest BCUT2D eigenvalue weighted by Crippen LogP contribution is -2.27. The molecule has 0 fully saturated rings. The number of carbonyl (C=O) groups is 1. The van der Waals surface area contributed by atoms with Crippen LogP contribution in [0, 0.1) is 6.92 Å². The number of benzene rings is 1. The van der Waals surface area contributed by atoms with E-state index in [9.17, 15) is 4.79 Å². The van der Waals surface area contributed by atoms with Gasteiger partial charge in [0.15, 0.2) is 0 Å². The van der Waals surface area contributed by atoms with Crippen molar-refractivity contribution < 1.29 is 9.21 Å². The van der Waals surface area contributed by atoms with Crippen LogP contribution in [-0.2, 0) is 11.3 Å². The van der Waals surface area contributed by atoms with Gasteiger partial charge in [0.05, 0.1) is 6.26 Å². The minimum absolute atomic E-state index is 0.125. The van der Waals surface area contributed by atoms with Crippen LogP contribution < -0.4 is 5.73 Å². The number of anilines is 1. The normalized spacial score (nSPS) is 12.1. The van der Waals surface area contributed by atoms with Crippen LogP contribution in [-0.4, -0.2) is 17.9 Å². The number of amides is 1. The van der Waals surface area contributed by atoms with Crippen LogP contribution in [0.1, 0.15) is 36.1 Å². The Kier molecular flexibility index (Phi) is 4.68. The first kappa shape index (κ1) is 15.2. The van der Waals surface area contributed by atoms with Gasteiger partial charge < -0.3 is 15.1 Å². The summed E-state index contributed by atoms with van der Waals surface area (Å²) in [4.78, 5) is 14.0. The number of nitrogen functional groups attached to an aromatic ring is 1. The zero-order valence-electron chi connectivity index (χ0n) is 12.8. The zero-order valence-corrected chi connectivity index (χ0v) is 12.8. The van der Waals surface area contributed by atoms with Gasteiger partial charge in [-0.1, -0.05) is 19.1 Å². The van der Waals surface area contributed by atoms with Gasteiger partial charge in [-0.2, -0.15) is 0 Å². The van der Waals surface area contributed by atoms with Crippen molar-refractivity contribution in [3.63, 3.8) is 0 Å². The standard InChI is InChI=1S/C17H22N2O2/c1-12(14-4-6-16(18)7-5-14)10-17(20)19(3)11-15-8-9-21-13(15)2/h4-9,12H,10-11,18H2,1-3H3. The summed E-state index contributed by atoms with van der Waals surface area (Å²) in [7, 11) is 1.82. The topological polar surface area (TPSA) is 59.5 Å². The first-order valence-corrected chi connectivity index (χ1v) is 7.09. The van der Waals surface area contributed by atoms with Crippen molar-refractivity contribution in [1.29, 1.82) is 0 Å². The molecule has 0 saturated carbocycles. The zero-order chi connectivity index (χ0) is 15.4.